The van der Waals surface area contributed by atoms with Crippen LogP contribution in [0.4, 0.5) is 10.1 Å². The van der Waals surface area contributed by atoms with Crippen molar-refractivity contribution >= 4 is 5.69 Å². The molecule has 102 valence electrons. The van der Waals surface area contributed by atoms with Crippen molar-refractivity contribution in [3.05, 3.63) is 47.5 Å². The molecule has 0 amide bonds. The quantitative estimate of drug-likeness (QED) is 0.920. The maximum atomic E-state index is 14.0. The Kier molecular flexibility index (Phi) is 3.85. The number of nitrogens with zero attached hydrogens (tertiary/aromatic N) is 3. The summed E-state index contributed by atoms with van der Waals surface area (Å²) in [6.45, 7) is 2.20. The summed E-state index contributed by atoms with van der Waals surface area (Å²) in [7, 11) is 3.68. The van der Waals surface area contributed by atoms with E-state index >= 15 is 0 Å². The van der Waals surface area contributed by atoms with Crippen LogP contribution in [0, 0.1) is 5.82 Å². The average Bonchev–Trinajstić information content (AvgIpc) is 2.74. The minimum Gasteiger partial charge on any atom is -0.389 e. The topological polar surface area (TPSA) is 41.3 Å². The highest BCUT2D eigenvalue weighted by molar-refractivity contribution is 5.49. The van der Waals surface area contributed by atoms with Gasteiger partial charge in [-0.25, -0.2) is 4.39 Å². The molecule has 0 saturated carbocycles. The Morgan fingerprint density at radius 2 is 2.21 bits per heavy atom. The standard InChI is InChI=1S/C14H18FN3O/c1-10(19)12-4-5-14(13(15)6-12)17(2)8-11-7-16-18(3)9-11/h4-7,9-10,19H,8H2,1-3H3/t10-/m0/s1. The van der Waals surface area contributed by atoms with Gasteiger partial charge in [-0.05, 0) is 24.6 Å². The Morgan fingerprint density at radius 3 is 2.74 bits per heavy atom. The van der Waals surface area contributed by atoms with Crippen molar-refractivity contribution in [3.63, 3.8) is 0 Å². The summed E-state index contributed by atoms with van der Waals surface area (Å²) in [4.78, 5) is 1.82. The van der Waals surface area contributed by atoms with Gasteiger partial charge in [-0.3, -0.25) is 4.68 Å². The fourth-order valence-electron chi connectivity index (χ4n) is 2.01. The third kappa shape index (κ3) is 3.12. The highest BCUT2D eigenvalue weighted by Crippen LogP contribution is 2.23. The van der Waals surface area contributed by atoms with E-state index in [1.807, 2.05) is 25.2 Å². The van der Waals surface area contributed by atoms with E-state index in [1.54, 1.807) is 29.9 Å². The lowest BCUT2D eigenvalue weighted by atomic mass is 10.1. The number of aryl methyl sites for hydroxylation is 1. The van der Waals surface area contributed by atoms with E-state index in [9.17, 15) is 9.50 Å². The molecule has 19 heavy (non-hydrogen) atoms. The maximum absolute atomic E-state index is 14.0. The van der Waals surface area contributed by atoms with Crippen LogP contribution in [0.5, 0.6) is 0 Å². The van der Waals surface area contributed by atoms with Crippen LogP contribution in [0.2, 0.25) is 0 Å². The second-order valence-electron chi connectivity index (χ2n) is 4.77. The van der Waals surface area contributed by atoms with Gasteiger partial charge in [-0.2, -0.15) is 5.10 Å². The number of hydrogen-bond acceptors (Lipinski definition) is 3. The van der Waals surface area contributed by atoms with Gasteiger partial charge in [-0.1, -0.05) is 6.07 Å². The number of benzene rings is 1. The summed E-state index contributed by atoms with van der Waals surface area (Å²) in [6, 6.07) is 4.80. The molecule has 0 fully saturated rings. The van der Waals surface area contributed by atoms with Crippen molar-refractivity contribution in [2.45, 2.75) is 19.6 Å². The zero-order valence-electron chi connectivity index (χ0n) is 11.3. The fourth-order valence-corrected chi connectivity index (χ4v) is 2.01. The molecule has 1 N–H and O–H groups in total. The lowest BCUT2D eigenvalue weighted by Gasteiger charge is -2.20. The first-order valence-electron chi connectivity index (χ1n) is 6.13. The number of aromatic nitrogens is 2. The summed E-state index contributed by atoms with van der Waals surface area (Å²) < 4.78 is 15.7. The number of hydrogen-bond donors (Lipinski definition) is 1. The SMILES string of the molecule is C[C@H](O)c1ccc(N(C)Cc2cnn(C)c2)c(F)c1. The molecule has 0 spiro atoms. The predicted octanol–water partition coefficient (Wildman–Crippen LogP) is 2.25. The second kappa shape index (κ2) is 5.40. The van der Waals surface area contributed by atoms with Gasteiger partial charge >= 0.3 is 0 Å². The Balaban J connectivity index is 2.17. The van der Waals surface area contributed by atoms with Gasteiger partial charge in [0.2, 0.25) is 0 Å². The summed E-state index contributed by atoms with van der Waals surface area (Å²) >= 11 is 0. The Bertz CT molecular complexity index is 566. The first kappa shape index (κ1) is 13.5. The molecule has 4 nitrogen and oxygen atoms in total. The van der Waals surface area contributed by atoms with Crippen LogP contribution < -0.4 is 4.90 Å². The molecule has 0 saturated heterocycles. The van der Waals surface area contributed by atoms with Crippen LogP contribution >= 0.6 is 0 Å². The molecular weight excluding hydrogens is 245 g/mol. The monoisotopic (exact) mass is 263 g/mol. The van der Waals surface area contributed by atoms with E-state index in [1.165, 1.54) is 6.07 Å². The van der Waals surface area contributed by atoms with Crippen molar-refractivity contribution in [3.8, 4) is 0 Å². The number of halogens is 1. The molecule has 0 aliphatic heterocycles. The Morgan fingerprint density at radius 1 is 1.47 bits per heavy atom. The molecule has 5 heteroatoms. The van der Waals surface area contributed by atoms with Crippen molar-refractivity contribution in [2.75, 3.05) is 11.9 Å². The maximum Gasteiger partial charge on any atom is 0.146 e. The molecule has 2 rings (SSSR count). The summed E-state index contributed by atoms with van der Waals surface area (Å²) in [5.74, 6) is -0.329. The van der Waals surface area contributed by atoms with Crippen LogP contribution in [-0.2, 0) is 13.6 Å². The highest BCUT2D eigenvalue weighted by Gasteiger charge is 2.11. The summed E-state index contributed by atoms with van der Waals surface area (Å²) in [5, 5.41) is 13.5. The summed E-state index contributed by atoms with van der Waals surface area (Å²) in [5.41, 5.74) is 2.10. The Hall–Kier alpha value is -1.88. The third-order valence-corrected chi connectivity index (χ3v) is 3.04. The van der Waals surface area contributed by atoms with Crippen LogP contribution in [0.3, 0.4) is 0 Å². The number of anilines is 1. The first-order chi connectivity index (χ1) is 8.97. The van der Waals surface area contributed by atoms with Crippen molar-refractivity contribution in [1.82, 2.24) is 9.78 Å². The van der Waals surface area contributed by atoms with Gasteiger partial charge in [0, 0.05) is 32.4 Å². The van der Waals surface area contributed by atoms with Gasteiger partial charge < -0.3 is 10.0 Å². The largest absolute Gasteiger partial charge is 0.389 e. The van der Waals surface area contributed by atoms with E-state index < -0.39 is 6.10 Å². The van der Waals surface area contributed by atoms with E-state index in [0.29, 0.717) is 17.8 Å². The molecule has 1 aromatic heterocycles. The minimum absolute atomic E-state index is 0.329. The second-order valence-corrected chi connectivity index (χ2v) is 4.77. The number of aliphatic hydroxyl groups excluding tert-OH is 1. The van der Waals surface area contributed by atoms with Crippen molar-refractivity contribution in [2.24, 2.45) is 7.05 Å². The van der Waals surface area contributed by atoms with Crippen LogP contribution in [0.1, 0.15) is 24.2 Å². The lowest BCUT2D eigenvalue weighted by Crippen LogP contribution is -2.17. The van der Waals surface area contributed by atoms with Gasteiger partial charge in [-0.15, -0.1) is 0 Å². The van der Waals surface area contributed by atoms with Crippen LogP contribution in [0.25, 0.3) is 0 Å². The van der Waals surface area contributed by atoms with E-state index in [4.69, 9.17) is 0 Å². The van der Waals surface area contributed by atoms with Crippen LogP contribution in [0.15, 0.2) is 30.6 Å². The molecule has 0 bridgehead atoms. The van der Waals surface area contributed by atoms with Crippen molar-refractivity contribution < 1.29 is 9.50 Å². The third-order valence-electron chi connectivity index (χ3n) is 3.04. The molecule has 0 aliphatic rings. The molecule has 1 atom stereocenters. The molecule has 0 unspecified atom stereocenters. The normalized spacial score (nSPS) is 12.5. The first-order valence-corrected chi connectivity index (χ1v) is 6.13. The predicted molar refractivity (Wildman–Crippen MR) is 72.3 cm³/mol. The van der Waals surface area contributed by atoms with E-state index in [-0.39, 0.29) is 5.82 Å². The number of rotatable bonds is 4. The number of aliphatic hydroxyl groups is 1. The molecule has 0 radical (unpaired) electrons. The van der Waals surface area contributed by atoms with Gasteiger partial charge in [0.1, 0.15) is 5.82 Å². The molecule has 1 aromatic carbocycles. The van der Waals surface area contributed by atoms with Gasteiger partial charge in [0.15, 0.2) is 0 Å². The van der Waals surface area contributed by atoms with Crippen molar-refractivity contribution in [1.29, 1.82) is 0 Å². The molecule has 2 aromatic rings. The lowest BCUT2D eigenvalue weighted by molar-refractivity contribution is 0.199. The Labute approximate surface area is 112 Å². The van der Waals surface area contributed by atoms with Gasteiger partial charge in [0.25, 0.3) is 0 Å². The average molecular weight is 263 g/mol. The fraction of sp³-hybridized carbons (Fsp3) is 0.357. The minimum atomic E-state index is -0.660. The van der Waals surface area contributed by atoms with Crippen LogP contribution in [-0.4, -0.2) is 21.9 Å². The molecule has 0 aliphatic carbocycles. The molecule has 1 heterocycles. The van der Waals surface area contributed by atoms with E-state index in [2.05, 4.69) is 5.10 Å². The highest BCUT2D eigenvalue weighted by atomic mass is 19.1. The molecular formula is C14H18FN3O. The zero-order chi connectivity index (χ0) is 14.0. The zero-order valence-corrected chi connectivity index (χ0v) is 11.3. The van der Waals surface area contributed by atoms with Gasteiger partial charge in [0.05, 0.1) is 18.0 Å². The smallest absolute Gasteiger partial charge is 0.146 e. The van der Waals surface area contributed by atoms with E-state index in [0.717, 1.165) is 5.56 Å². The summed E-state index contributed by atoms with van der Waals surface area (Å²) in [6.07, 6.45) is 3.00.